The molecule has 7 nitrogen and oxygen atoms in total. The van der Waals surface area contributed by atoms with E-state index in [2.05, 4.69) is 10.3 Å². The van der Waals surface area contributed by atoms with Crippen molar-refractivity contribution in [3.8, 4) is 5.75 Å². The van der Waals surface area contributed by atoms with E-state index >= 15 is 0 Å². The number of amides is 1. The molecule has 0 bridgehead atoms. The van der Waals surface area contributed by atoms with Gasteiger partial charge < -0.3 is 14.5 Å². The van der Waals surface area contributed by atoms with E-state index in [9.17, 15) is 9.59 Å². The lowest BCUT2D eigenvalue weighted by Gasteiger charge is -2.15. The summed E-state index contributed by atoms with van der Waals surface area (Å²) in [5.41, 5.74) is 2.98. The smallest absolute Gasteiger partial charge is 0.420 e. The van der Waals surface area contributed by atoms with Crippen LogP contribution in [0, 0.1) is 0 Å². The van der Waals surface area contributed by atoms with Crippen LogP contribution in [0.1, 0.15) is 24.1 Å². The van der Waals surface area contributed by atoms with Crippen molar-refractivity contribution in [2.24, 2.45) is 0 Å². The summed E-state index contributed by atoms with van der Waals surface area (Å²) >= 11 is 0. The Balaban J connectivity index is 1.36. The number of nitrogens with zero attached hydrogens (tertiary/aromatic N) is 2. The van der Waals surface area contributed by atoms with Crippen molar-refractivity contribution in [3.05, 3.63) is 94.7 Å². The van der Waals surface area contributed by atoms with Crippen molar-refractivity contribution in [1.29, 1.82) is 0 Å². The van der Waals surface area contributed by atoms with Crippen LogP contribution in [0.3, 0.4) is 0 Å². The summed E-state index contributed by atoms with van der Waals surface area (Å²) in [5, 5.41) is 2.91. The largest absolute Gasteiger partial charge is 0.489 e. The molecule has 1 amide bonds. The van der Waals surface area contributed by atoms with Crippen LogP contribution in [0.15, 0.2) is 82.3 Å². The highest BCUT2D eigenvalue weighted by molar-refractivity contribution is 5.79. The van der Waals surface area contributed by atoms with Gasteiger partial charge in [0.15, 0.2) is 5.58 Å². The maximum Gasteiger partial charge on any atom is 0.420 e. The lowest BCUT2D eigenvalue weighted by molar-refractivity contribution is -0.122. The van der Waals surface area contributed by atoms with Gasteiger partial charge in [-0.25, -0.2) is 4.79 Å². The molecule has 7 heteroatoms. The molecule has 0 aliphatic carbocycles. The fourth-order valence-corrected chi connectivity index (χ4v) is 3.18. The normalized spacial score (nSPS) is 11.9. The molecule has 2 heterocycles. The van der Waals surface area contributed by atoms with Crippen LogP contribution in [0.25, 0.3) is 11.1 Å². The first kappa shape index (κ1) is 19.4. The number of aromatic nitrogens is 2. The predicted molar refractivity (Wildman–Crippen MR) is 112 cm³/mol. The lowest BCUT2D eigenvalue weighted by Crippen LogP contribution is -2.32. The summed E-state index contributed by atoms with van der Waals surface area (Å²) in [6, 6.07) is 18.2. The van der Waals surface area contributed by atoms with E-state index in [4.69, 9.17) is 9.15 Å². The molecule has 0 radical (unpaired) electrons. The Hall–Kier alpha value is -3.87. The maximum absolute atomic E-state index is 12.5. The fraction of sp³-hybridized carbons (Fsp3) is 0.174. The zero-order valence-electron chi connectivity index (χ0n) is 16.4. The number of rotatable bonds is 7. The number of nitrogens with one attached hydrogen (secondary N) is 1. The molecular weight excluding hydrogens is 382 g/mol. The van der Waals surface area contributed by atoms with Gasteiger partial charge in [0, 0.05) is 18.0 Å². The molecule has 0 aliphatic heterocycles. The van der Waals surface area contributed by atoms with Crippen LogP contribution in [0.4, 0.5) is 0 Å². The minimum absolute atomic E-state index is 0.105. The van der Waals surface area contributed by atoms with Crippen molar-refractivity contribution < 1.29 is 13.9 Å². The monoisotopic (exact) mass is 403 g/mol. The topological polar surface area (TPSA) is 86.4 Å². The van der Waals surface area contributed by atoms with Crippen LogP contribution in [-0.4, -0.2) is 15.5 Å². The third kappa shape index (κ3) is 4.41. The zero-order chi connectivity index (χ0) is 20.9. The number of hydrogen-bond donors (Lipinski definition) is 1. The highest BCUT2D eigenvalue weighted by Crippen LogP contribution is 2.19. The van der Waals surface area contributed by atoms with E-state index in [0.717, 1.165) is 16.9 Å². The first-order valence-corrected chi connectivity index (χ1v) is 9.59. The number of pyridine rings is 1. The molecule has 2 aromatic carbocycles. The van der Waals surface area contributed by atoms with Crippen LogP contribution in [0.5, 0.6) is 5.75 Å². The minimum atomic E-state index is -0.547. The molecule has 2 aromatic heterocycles. The van der Waals surface area contributed by atoms with Gasteiger partial charge in [0.05, 0.1) is 11.6 Å². The second kappa shape index (κ2) is 8.65. The summed E-state index contributed by atoms with van der Waals surface area (Å²) < 4.78 is 12.2. The van der Waals surface area contributed by atoms with E-state index in [1.165, 1.54) is 4.57 Å². The summed E-state index contributed by atoms with van der Waals surface area (Å²) in [6.45, 7) is 2.22. The molecule has 0 spiro atoms. The molecule has 1 atom stereocenters. The molecule has 0 saturated carbocycles. The number of oxazole rings is 1. The van der Waals surface area contributed by atoms with Gasteiger partial charge in [-0.1, -0.05) is 30.3 Å². The van der Waals surface area contributed by atoms with Crippen LogP contribution in [0.2, 0.25) is 0 Å². The predicted octanol–water partition coefficient (Wildman–Crippen LogP) is 3.45. The van der Waals surface area contributed by atoms with Crippen molar-refractivity contribution in [2.75, 3.05) is 0 Å². The van der Waals surface area contributed by atoms with Crippen LogP contribution < -0.4 is 15.8 Å². The van der Waals surface area contributed by atoms with Gasteiger partial charge in [0.1, 0.15) is 18.9 Å². The van der Waals surface area contributed by atoms with Crippen molar-refractivity contribution in [1.82, 2.24) is 14.9 Å². The molecule has 0 fully saturated rings. The third-order valence-electron chi connectivity index (χ3n) is 4.76. The highest BCUT2D eigenvalue weighted by Gasteiger charge is 2.15. The summed E-state index contributed by atoms with van der Waals surface area (Å²) in [7, 11) is 0. The molecule has 152 valence electrons. The van der Waals surface area contributed by atoms with Gasteiger partial charge in [-0.2, -0.15) is 0 Å². The molecule has 1 unspecified atom stereocenters. The molecule has 4 rings (SSSR count). The van der Waals surface area contributed by atoms with E-state index < -0.39 is 5.76 Å². The van der Waals surface area contributed by atoms with Crippen LogP contribution in [-0.2, 0) is 17.9 Å². The average Bonchev–Trinajstić information content (AvgIpc) is 3.08. The van der Waals surface area contributed by atoms with Gasteiger partial charge in [-0.05, 0) is 42.8 Å². The maximum atomic E-state index is 12.5. The lowest BCUT2D eigenvalue weighted by atomic mass is 10.1. The SMILES string of the molecule is CC(NC(=O)Cn1c(=O)oc2ccccc21)c1ccc(OCc2cccnc2)cc1. The minimum Gasteiger partial charge on any atom is -0.489 e. The Morgan fingerprint density at radius 3 is 2.70 bits per heavy atom. The average molecular weight is 403 g/mol. The molecule has 0 saturated heterocycles. The van der Waals surface area contributed by atoms with Gasteiger partial charge in [-0.15, -0.1) is 0 Å². The Morgan fingerprint density at radius 1 is 1.13 bits per heavy atom. The van der Waals surface area contributed by atoms with Crippen molar-refractivity contribution in [3.63, 3.8) is 0 Å². The highest BCUT2D eigenvalue weighted by atomic mass is 16.5. The summed E-state index contributed by atoms with van der Waals surface area (Å²) in [4.78, 5) is 28.6. The van der Waals surface area contributed by atoms with Crippen molar-refractivity contribution >= 4 is 17.0 Å². The van der Waals surface area contributed by atoms with E-state index in [1.807, 2.05) is 43.3 Å². The number of para-hydroxylation sites is 2. The Morgan fingerprint density at radius 2 is 1.93 bits per heavy atom. The molecule has 30 heavy (non-hydrogen) atoms. The summed E-state index contributed by atoms with van der Waals surface area (Å²) in [5.74, 6) is -0.0836. The Bertz CT molecular complexity index is 1200. The van der Waals surface area contributed by atoms with E-state index in [0.29, 0.717) is 17.7 Å². The molecule has 0 aliphatic rings. The quantitative estimate of drug-likeness (QED) is 0.511. The number of hydrogen-bond acceptors (Lipinski definition) is 5. The van der Waals surface area contributed by atoms with Gasteiger partial charge in [-0.3, -0.25) is 14.3 Å². The van der Waals surface area contributed by atoms with Crippen molar-refractivity contribution in [2.45, 2.75) is 26.1 Å². The standard InChI is InChI=1S/C23H21N3O4/c1-16(18-8-10-19(11-9-18)29-15-17-5-4-12-24-13-17)25-22(27)14-26-20-6-2-3-7-21(20)30-23(26)28/h2-13,16H,14-15H2,1H3,(H,25,27). The number of carbonyl (C=O) groups is 1. The van der Waals surface area contributed by atoms with Gasteiger partial charge >= 0.3 is 5.76 Å². The third-order valence-corrected chi connectivity index (χ3v) is 4.76. The number of benzene rings is 2. The molecular formula is C23H21N3O4. The Kier molecular flexibility index (Phi) is 5.61. The second-order valence-corrected chi connectivity index (χ2v) is 6.93. The first-order valence-electron chi connectivity index (χ1n) is 9.59. The number of fused-ring (bicyclic) bond motifs is 1. The first-order chi connectivity index (χ1) is 14.6. The van der Waals surface area contributed by atoms with E-state index in [1.54, 1.807) is 36.7 Å². The second-order valence-electron chi connectivity index (χ2n) is 6.93. The summed E-state index contributed by atoms with van der Waals surface area (Å²) in [6.07, 6.45) is 3.49. The fourth-order valence-electron chi connectivity index (χ4n) is 3.18. The number of carbonyl (C=O) groups excluding carboxylic acids is 1. The zero-order valence-corrected chi connectivity index (χ0v) is 16.4. The van der Waals surface area contributed by atoms with Gasteiger partial charge in [0.25, 0.3) is 0 Å². The van der Waals surface area contributed by atoms with E-state index in [-0.39, 0.29) is 18.5 Å². The Labute approximate surface area is 172 Å². The number of ether oxygens (including phenoxy) is 1. The van der Waals surface area contributed by atoms with Gasteiger partial charge in [0.2, 0.25) is 5.91 Å². The van der Waals surface area contributed by atoms with Crippen LogP contribution >= 0.6 is 0 Å². The molecule has 4 aromatic rings. The molecule has 1 N–H and O–H groups in total.